The van der Waals surface area contributed by atoms with Crippen LogP contribution in [0.2, 0.25) is 0 Å². The highest BCUT2D eigenvalue weighted by atomic mass is 16.1. The first kappa shape index (κ1) is 15.9. The lowest BCUT2D eigenvalue weighted by molar-refractivity contribution is -0.132. The fraction of sp³-hybridized carbons (Fsp3) is 0.800. The highest BCUT2D eigenvalue weighted by molar-refractivity contribution is 5.79. The molecule has 1 amide bonds. The van der Waals surface area contributed by atoms with Crippen molar-refractivity contribution in [3.63, 3.8) is 0 Å². The summed E-state index contributed by atoms with van der Waals surface area (Å²) in [7, 11) is 1.91. The highest BCUT2D eigenvalue weighted by Gasteiger charge is 2.44. The zero-order chi connectivity index (χ0) is 15.6. The van der Waals surface area contributed by atoms with Gasteiger partial charge in [-0.25, -0.2) is 0 Å². The van der Waals surface area contributed by atoms with Crippen molar-refractivity contribution in [2.24, 2.45) is 30.0 Å². The van der Waals surface area contributed by atoms with Crippen molar-refractivity contribution >= 4 is 5.91 Å². The highest BCUT2D eigenvalue weighted by Crippen LogP contribution is 2.44. The van der Waals surface area contributed by atoms with Crippen LogP contribution in [0.4, 0.5) is 0 Å². The summed E-state index contributed by atoms with van der Waals surface area (Å²) in [5.41, 5.74) is 6.08. The molecular formula is C15H27N5O. The summed E-state index contributed by atoms with van der Waals surface area (Å²) in [6.07, 6.45) is 4.16. The minimum atomic E-state index is -0.0630. The number of nitrogens with one attached hydrogen (secondary N) is 1. The van der Waals surface area contributed by atoms with Crippen molar-refractivity contribution in [1.29, 1.82) is 0 Å². The van der Waals surface area contributed by atoms with Crippen LogP contribution in [0.1, 0.15) is 39.4 Å². The molecule has 0 bridgehead atoms. The van der Waals surface area contributed by atoms with Crippen LogP contribution < -0.4 is 11.1 Å². The number of amides is 1. The van der Waals surface area contributed by atoms with Crippen LogP contribution in [0.3, 0.4) is 0 Å². The first-order valence-corrected chi connectivity index (χ1v) is 7.70. The van der Waals surface area contributed by atoms with E-state index in [2.05, 4.69) is 36.3 Å². The lowest BCUT2D eigenvalue weighted by Gasteiger charge is -2.46. The number of hydrogen-bond acceptors (Lipinski definition) is 4. The Bertz CT molecular complexity index is 496. The molecule has 0 aromatic carbocycles. The second kappa shape index (κ2) is 6.13. The Morgan fingerprint density at radius 1 is 1.52 bits per heavy atom. The zero-order valence-electron chi connectivity index (χ0n) is 13.5. The molecule has 3 N–H and O–H groups in total. The molecule has 1 fully saturated rings. The molecule has 0 radical (unpaired) electrons. The molecule has 1 aliphatic rings. The summed E-state index contributed by atoms with van der Waals surface area (Å²) < 4.78 is 1.87. The molecule has 0 aliphatic heterocycles. The summed E-state index contributed by atoms with van der Waals surface area (Å²) >= 11 is 0. The van der Waals surface area contributed by atoms with Crippen LogP contribution in [0.15, 0.2) is 6.33 Å². The molecule has 1 aromatic rings. The summed E-state index contributed by atoms with van der Waals surface area (Å²) in [6.45, 7) is 7.06. The molecule has 6 nitrogen and oxygen atoms in total. The largest absolute Gasteiger partial charge is 0.355 e. The Morgan fingerprint density at radius 3 is 2.86 bits per heavy atom. The molecule has 1 heterocycles. The Labute approximate surface area is 126 Å². The fourth-order valence-corrected chi connectivity index (χ4v) is 3.27. The Morgan fingerprint density at radius 2 is 2.24 bits per heavy atom. The molecule has 1 saturated carbocycles. The van der Waals surface area contributed by atoms with Crippen LogP contribution >= 0.6 is 0 Å². The third-order valence-corrected chi connectivity index (χ3v) is 5.27. The van der Waals surface area contributed by atoms with Gasteiger partial charge in [0.15, 0.2) is 0 Å². The maximum absolute atomic E-state index is 12.5. The smallest absolute Gasteiger partial charge is 0.223 e. The van der Waals surface area contributed by atoms with E-state index in [4.69, 9.17) is 5.73 Å². The van der Waals surface area contributed by atoms with E-state index in [9.17, 15) is 4.79 Å². The summed E-state index contributed by atoms with van der Waals surface area (Å²) in [4.78, 5) is 12.5. The van der Waals surface area contributed by atoms with Gasteiger partial charge in [0.05, 0.1) is 0 Å². The molecule has 21 heavy (non-hydrogen) atoms. The normalized spacial score (nSPS) is 28.3. The average molecular weight is 293 g/mol. The maximum Gasteiger partial charge on any atom is 0.223 e. The number of aromatic nitrogens is 3. The van der Waals surface area contributed by atoms with E-state index in [0.29, 0.717) is 18.9 Å². The number of nitrogens with zero attached hydrogens (tertiary/aromatic N) is 3. The lowest BCUT2D eigenvalue weighted by atomic mass is 9.61. The molecule has 0 saturated heterocycles. The molecule has 1 aliphatic carbocycles. The summed E-state index contributed by atoms with van der Waals surface area (Å²) in [5, 5.41) is 10.9. The predicted octanol–water partition coefficient (Wildman–Crippen LogP) is 0.873. The van der Waals surface area contributed by atoms with Gasteiger partial charge in [0, 0.05) is 32.0 Å². The van der Waals surface area contributed by atoms with E-state index in [0.717, 1.165) is 18.7 Å². The van der Waals surface area contributed by atoms with E-state index >= 15 is 0 Å². The molecule has 1 aromatic heterocycles. The Kier molecular flexibility index (Phi) is 4.66. The molecule has 3 unspecified atom stereocenters. The number of hydrogen-bond donors (Lipinski definition) is 2. The molecule has 0 spiro atoms. The van der Waals surface area contributed by atoms with Gasteiger partial charge in [-0.15, -0.1) is 10.2 Å². The van der Waals surface area contributed by atoms with Crippen molar-refractivity contribution in [3.8, 4) is 0 Å². The number of aryl methyl sites for hydroxylation is 1. The van der Waals surface area contributed by atoms with Crippen molar-refractivity contribution in [2.45, 2.75) is 46.1 Å². The van der Waals surface area contributed by atoms with E-state index < -0.39 is 0 Å². The van der Waals surface area contributed by atoms with E-state index in [1.54, 1.807) is 6.33 Å². The van der Waals surface area contributed by atoms with Gasteiger partial charge in [0.25, 0.3) is 0 Å². The average Bonchev–Trinajstić information content (AvgIpc) is 2.82. The molecule has 6 heteroatoms. The molecule has 2 rings (SSSR count). The second-order valence-electron chi connectivity index (χ2n) is 6.80. The van der Waals surface area contributed by atoms with Crippen LogP contribution in [0, 0.1) is 17.3 Å². The van der Waals surface area contributed by atoms with Crippen LogP contribution in [-0.2, 0) is 18.3 Å². The van der Waals surface area contributed by atoms with E-state index in [-0.39, 0.29) is 23.3 Å². The topological polar surface area (TPSA) is 85.8 Å². The van der Waals surface area contributed by atoms with Gasteiger partial charge in [-0.3, -0.25) is 4.79 Å². The van der Waals surface area contributed by atoms with Crippen molar-refractivity contribution in [1.82, 2.24) is 20.1 Å². The van der Waals surface area contributed by atoms with Gasteiger partial charge in [0.2, 0.25) is 5.91 Å². The predicted molar refractivity (Wildman–Crippen MR) is 81.4 cm³/mol. The molecule has 3 atom stereocenters. The molecule has 118 valence electrons. The van der Waals surface area contributed by atoms with Gasteiger partial charge in [-0.05, 0) is 24.2 Å². The van der Waals surface area contributed by atoms with Crippen molar-refractivity contribution in [3.05, 3.63) is 12.2 Å². The fourth-order valence-electron chi connectivity index (χ4n) is 3.27. The molecular weight excluding hydrogens is 266 g/mol. The quantitative estimate of drug-likeness (QED) is 0.862. The number of carbonyl (C=O) groups is 1. The van der Waals surface area contributed by atoms with Gasteiger partial charge >= 0.3 is 0 Å². The monoisotopic (exact) mass is 293 g/mol. The van der Waals surface area contributed by atoms with E-state index in [1.165, 1.54) is 0 Å². The minimum absolute atomic E-state index is 0.0341. The van der Waals surface area contributed by atoms with Gasteiger partial charge in [0.1, 0.15) is 12.2 Å². The maximum atomic E-state index is 12.5. The van der Waals surface area contributed by atoms with Crippen LogP contribution in [0.5, 0.6) is 0 Å². The Hall–Kier alpha value is -1.43. The van der Waals surface area contributed by atoms with Gasteiger partial charge in [-0.1, -0.05) is 20.8 Å². The lowest BCUT2D eigenvalue weighted by Crippen LogP contribution is -2.51. The third-order valence-electron chi connectivity index (χ3n) is 5.27. The van der Waals surface area contributed by atoms with Crippen LogP contribution in [-0.4, -0.2) is 33.3 Å². The van der Waals surface area contributed by atoms with Crippen molar-refractivity contribution in [2.75, 3.05) is 6.54 Å². The third kappa shape index (κ3) is 3.26. The number of rotatable bonds is 4. The SMILES string of the molecule is CC1C(N)CCC(C(=O)NCCc2nncn2C)C1(C)C. The second-order valence-corrected chi connectivity index (χ2v) is 6.80. The number of nitrogens with two attached hydrogens (primary N) is 1. The van der Waals surface area contributed by atoms with Crippen LogP contribution in [0.25, 0.3) is 0 Å². The van der Waals surface area contributed by atoms with Gasteiger partial charge in [-0.2, -0.15) is 0 Å². The number of carbonyl (C=O) groups excluding carboxylic acids is 1. The standard InChI is InChI=1S/C15H27N5O/c1-10-12(16)6-5-11(15(10,2)3)14(21)17-8-7-13-19-18-9-20(13)4/h9-12H,5-8,16H2,1-4H3,(H,17,21). The van der Waals surface area contributed by atoms with E-state index in [1.807, 2.05) is 11.6 Å². The zero-order valence-corrected chi connectivity index (χ0v) is 13.5. The first-order chi connectivity index (χ1) is 9.84. The first-order valence-electron chi connectivity index (χ1n) is 7.70. The Balaban J connectivity index is 1.89. The van der Waals surface area contributed by atoms with Crippen molar-refractivity contribution < 1.29 is 4.79 Å². The van der Waals surface area contributed by atoms with Gasteiger partial charge < -0.3 is 15.6 Å². The summed E-state index contributed by atoms with van der Waals surface area (Å²) in [6, 6.07) is 0.197. The minimum Gasteiger partial charge on any atom is -0.355 e. The summed E-state index contributed by atoms with van der Waals surface area (Å²) in [5.74, 6) is 1.40.